The number of nitrogens with one attached hydrogen (secondary N) is 1. The third-order valence-electron chi connectivity index (χ3n) is 4.02. The van der Waals surface area contributed by atoms with E-state index in [0.29, 0.717) is 5.82 Å². The lowest BCUT2D eigenvalue weighted by atomic mass is 10.2. The van der Waals surface area contributed by atoms with Crippen molar-refractivity contribution in [3.8, 4) is 11.4 Å². The topological polar surface area (TPSA) is 68.5 Å². The summed E-state index contributed by atoms with van der Waals surface area (Å²) in [5, 5.41) is 5.43. The maximum Gasteiger partial charge on any atom is 0.164 e. The van der Waals surface area contributed by atoms with Crippen molar-refractivity contribution in [1.29, 1.82) is 0 Å². The van der Waals surface area contributed by atoms with Crippen LogP contribution in [0.3, 0.4) is 0 Å². The summed E-state index contributed by atoms with van der Waals surface area (Å²) in [4.78, 5) is 18.1. The van der Waals surface area contributed by atoms with Crippen LogP contribution in [0.4, 0.5) is 5.82 Å². The van der Waals surface area contributed by atoms with Gasteiger partial charge in [0.25, 0.3) is 0 Å². The molecule has 6 heteroatoms. The fraction of sp³-hybridized carbons (Fsp3) is 0.222. The minimum atomic E-state index is 0.688. The van der Waals surface area contributed by atoms with Gasteiger partial charge in [-0.25, -0.2) is 15.0 Å². The summed E-state index contributed by atoms with van der Waals surface area (Å²) in [6.07, 6.45) is 8.40. The highest BCUT2D eigenvalue weighted by Gasteiger charge is 2.14. The maximum absolute atomic E-state index is 4.78. The van der Waals surface area contributed by atoms with E-state index in [1.807, 2.05) is 36.0 Å². The van der Waals surface area contributed by atoms with E-state index in [9.17, 15) is 0 Å². The van der Waals surface area contributed by atoms with Crippen LogP contribution in [0.5, 0.6) is 0 Å². The number of hydrogen-bond donors (Lipinski definition) is 1. The monoisotopic (exact) mass is 318 g/mol. The molecule has 0 aliphatic heterocycles. The van der Waals surface area contributed by atoms with Gasteiger partial charge in [-0.15, -0.1) is 0 Å². The highest BCUT2D eigenvalue weighted by atomic mass is 15.0. The second-order valence-corrected chi connectivity index (χ2v) is 5.74. The molecule has 0 aromatic carbocycles. The molecule has 0 unspecified atom stereocenters. The molecule has 1 N–H and O–H groups in total. The van der Waals surface area contributed by atoms with Crippen LogP contribution >= 0.6 is 0 Å². The first-order valence-corrected chi connectivity index (χ1v) is 8.04. The Labute approximate surface area is 139 Å². The van der Waals surface area contributed by atoms with Gasteiger partial charge in [0.15, 0.2) is 5.82 Å². The van der Waals surface area contributed by atoms with Crippen molar-refractivity contribution >= 4 is 27.8 Å². The first-order chi connectivity index (χ1) is 11.8. The molecule has 0 atom stereocenters. The van der Waals surface area contributed by atoms with E-state index in [-0.39, 0.29) is 0 Å². The lowest BCUT2D eigenvalue weighted by molar-refractivity contribution is 0.947. The van der Waals surface area contributed by atoms with Gasteiger partial charge in [-0.05, 0) is 24.6 Å². The van der Waals surface area contributed by atoms with Gasteiger partial charge >= 0.3 is 0 Å². The van der Waals surface area contributed by atoms with Crippen molar-refractivity contribution in [2.75, 3.05) is 11.9 Å². The van der Waals surface area contributed by atoms with Crippen LogP contribution in [0, 0.1) is 0 Å². The van der Waals surface area contributed by atoms with Crippen LogP contribution < -0.4 is 5.32 Å². The van der Waals surface area contributed by atoms with E-state index in [2.05, 4.69) is 22.2 Å². The Bertz CT molecular complexity index is 1020. The van der Waals surface area contributed by atoms with Crippen LogP contribution in [0.25, 0.3) is 33.3 Å². The molecule has 4 heterocycles. The number of pyridine rings is 2. The molecule has 0 radical (unpaired) electrons. The number of fused-ring (bicyclic) bond motifs is 2. The molecule has 4 rings (SSSR count). The lowest BCUT2D eigenvalue weighted by Crippen LogP contribution is -2.04. The zero-order chi connectivity index (χ0) is 16.5. The molecule has 24 heavy (non-hydrogen) atoms. The van der Waals surface area contributed by atoms with E-state index < -0.39 is 0 Å². The Kier molecular flexibility index (Phi) is 3.57. The first-order valence-electron chi connectivity index (χ1n) is 8.04. The molecule has 0 saturated heterocycles. The largest absolute Gasteiger partial charge is 0.369 e. The molecular weight excluding hydrogens is 300 g/mol. The zero-order valence-corrected chi connectivity index (χ0v) is 13.7. The number of rotatable bonds is 4. The molecule has 0 fully saturated rings. The third kappa shape index (κ3) is 2.36. The van der Waals surface area contributed by atoms with Crippen LogP contribution in [0.1, 0.15) is 13.3 Å². The minimum Gasteiger partial charge on any atom is -0.369 e. The average Bonchev–Trinajstić information content (AvgIpc) is 2.97. The average molecular weight is 318 g/mol. The highest BCUT2D eigenvalue weighted by Crippen LogP contribution is 2.29. The second-order valence-electron chi connectivity index (χ2n) is 5.74. The maximum atomic E-state index is 4.78. The molecule has 0 spiro atoms. The van der Waals surface area contributed by atoms with Crippen LogP contribution in [-0.2, 0) is 7.05 Å². The van der Waals surface area contributed by atoms with E-state index in [1.165, 1.54) is 0 Å². The fourth-order valence-electron chi connectivity index (χ4n) is 2.87. The Balaban J connectivity index is 1.95. The summed E-state index contributed by atoms with van der Waals surface area (Å²) in [6.45, 7) is 3.00. The number of nitrogens with zero attached hydrogens (tertiary/aromatic N) is 5. The predicted molar refractivity (Wildman–Crippen MR) is 95.8 cm³/mol. The van der Waals surface area contributed by atoms with E-state index in [0.717, 1.165) is 46.3 Å². The molecule has 0 saturated carbocycles. The molecule has 4 aromatic heterocycles. The smallest absolute Gasteiger partial charge is 0.164 e. The molecule has 0 amide bonds. The molecule has 0 aliphatic rings. The molecule has 0 bridgehead atoms. The van der Waals surface area contributed by atoms with Crippen molar-refractivity contribution in [1.82, 2.24) is 24.5 Å². The summed E-state index contributed by atoms with van der Waals surface area (Å²) in [6, 6.07) is 5.93. The standard InChI is InChI=1S/C18H18N6/c1-3-7-20-16-13-6-9-19-10-15(13)22-17(23-16)14-11-24(2)18-12(14)5-4-8-21-18/h4-6,8-11H,3,7H2,1-2H3,(H,20,22,23). The highest BCUT2D eigenvalue weighted by molar-refractivity contribution is 5.95. The Morgan fingerprint density at radius 3 is 2.92 bits per heavy atom. The van der Waals surface area contributed by atoms with Gasteiger partial charge in [-0.2, -0.15) is 0 Å². The number of hydrogen-bond acceptors (Lipinski definition) is 5. The van der Waals surface area contributed by atoms with Crippen molar-refractivity contribution < 1.29 is 0 Å². The van der Waals surface area contributed by atoms with Gasteiger partial charge in [-0.3, -0.25) is 4.98 Å². The van der Waals surface area contributed by atoms with Crippen molar-refractivity contribution in [3.05, 3.63) is 43.0 Å². The summed E-state index contributed by atoms with van der Waals surface area (Å²) in [5.74, 6) is 1.54. The van der Waals surface area contributed by atoms with Crippen LogP contribution in [0.2, 0.25) is 0 Å². The van der Waals surface area contributed by atoms with Crippen LogP contribution in [0.15, 0.2) is 43.0 Å². The number of aryl methyl sites for hydroxylation is 1. The predicted octanol–water partition coefficient (Wildman–Crippen LogP) is 3.40. The van der Waals surface area contributed by atoms with Gasteiger partial charge in [-0.1, -0.05) is 6.92 Å². The van der Waals surface area contributed by atoms with E-state index in [1.54, 1.807) is 18.6 Å². The van der Waals surface area contributed by atoms with Crippen molar-refractivity contribution in [2.24, 2.45) is 7.05 Å². The fourth-order valence-corrected chi connectivity index (χ4v) is 2.87. The second kappa shape index (κ2) is 5.88. The Morgan fingerprint density at radius 2 is 2.04 bits per heavy atom. The summed E-state index contributed by atoms with van der Waals surface area (Å²) < 4.78 is 2.00. The Morgan fingerprint density at radius 1 is 1.12 bits per heavy atom. The van der Waals surface area contributed by atoms with Gasteiger partial charge in [0.2, 0.25) is 0 Å². The zero-order valence-electron chi connectivity index (χ0n) is 13.7. The minimum absolute atomic E-state index is 0.688. The van der Waals surface area contributed by atoms with Gasteiger partial charge < -0.3 is 9.88 Å². The van der Waals surface area contributed by atoms with Gasteiger partial charge in [0, 0.05) is 48.5 Å². The molecule has 4 aromatic rings. The molecule has 6 nitrogen and oxygen atoms in total. The van der Waals surface area contributed by atoms with Gasteiger partial charge in [0.05, 0.1) is 11.7 Å². The third-order valence-corrected chi connectivity index (χ3v) is 4.02. The van der Waals surface area contributed by atoms with Crippen LogP contribution in [-0.4, -0.2) is 31.0 Å². The first kappa shape index (κ1) is 14.6. The van der Waals surface area contributed by atoms with Crippen molar-refractivity contribution in [3.63, 3.8) is 0 Å². The molecular formula is C18H18N6. The lowest BCUT2D eigenvalue weighted by Gasteiger charge is -2.09. The normalized spacial score (nSPS) is 11.2. The SMILES string of the molecule is CCCNc1nc(-c2cn(C)c3ncccc23)nc2cnccc12. The summed E-state index contributed by atoms with van der Waals surface area (Å²) in [5.41, 5.74) is 2.73. The number of aromatic nitrogens is 5. The van der Waals surface area contributed by atoms with E-state index in [4.69, 9.17) is 9.97 Å². The number of anilines is 1. The summed E-state index contributed by atoms with van der Waals surface area (Å²) in [7, 11) is 1.98. The molecule has 0 aliphatic carbocycles. The van der Waals surface area contributed by atoms with E-state index >= 15 is 0 Å². The Hall–Kier alpha value is -3.02. The summed E-state index contributed by atoms with van der Waals surface area (Å²) >= 11 is 0. The molecule has 120 valence electrons. The van der Waals surface area contributed by atoms with Gasteiger partial charge in [0.1, 0.15) is 11.5 Å². The quantitative estimate of drug-likeness (QED) is 0.624. The van der Waals surface area contributed by atoms with Crippen molar-refractivity contribution in [2.45, 2.75) is 13.3 Å².